The number of benzene rings is 1. The molecule has 102 valence electrons. The minimum atomic E-state index is -3.40. The quantitative estimate of drug-likeness (QED) is 0.881. The van der Waals surface area contributed by atoms with E-state index in [1.54, 1.807) is 12.1 Å². The molecule has 4 nitrogen and oxygen atoms in total. The summed E-state index contributed by atoms with van der Waals surface area (Å²) in [6.45, 7) is 4.07. The summed E-state index contributed by atoms with van der Waals surface area (Å²) < 4.78 is 25.6. The number of sulfonamides is 1. The highest BCUT2D eigenvalue weighted by Gasteiger charge is 2.22. The van der Waals surface area contributed by atoms with Crippen LogP contribution < -0.4 is 5.73 Å². The van der Waals surface area contributed by atoms with E-state index in [0.29, 0.717) is 17.2 Å². The summed E-state index contributed by atoms with van der Waals surface area (Å²) in [4.78, 5) is 0.353. The van der Waals surface area contributed by atoms with E-state index in [1.807, 2.05) is 26.0 Å². The van der Waals surface area contributed by atoms with E-state index < -0.39 is 10.0 Å². The van der Waals surface area contributed by atoms with Crippen molar-refractivity contribution in [2.45, 2.75) is 31.2 Å². The fraction of sp³-hybridized carbons (Fsp3) is 0.538. The fourth-order valence-electron chi connectivity index (χ4n) is 1.61. The summed E-state index contributed by atoms with van der Waals surface area (Å²) >= 11 is 0. The molecular weight excluding hydrogens is 248 g/mol. The predicted molar refractivity (Wildman–Crippen MR) is 73.8 cm³/mol. The van der Waals surface area contributed by atoms with Crippen molar-refractivity contribution in [3.63, 3.8) is 0 Å². The van der Waals surface area contributed by atoms with Crippen molar-refractivity contribution in [3.05, 3.63) is 29.8 Å². The van der Waals surface area contributed by atoms with Crippen LogP contribution in [0.4, 0.5) is 0 Å². The second kappa shape index (κ2) is 5.82. The van der Waals surface area contributed by atoms with Gasteiger partial charge in [-0.25, -0.2) is 12.7 Å². The number of rotatable bonds is 5. The third kappa shape index (κ3) is 3.31. The predicted octanol–water partition coefficient (Wildman–Crippen LogP) is 1.46. The molecule has 0 bridgehead atoms. The van der Waals surface area contributed by atoms with Crippen LogP contribution >= 0.6 is 0 Å². The summed E-state index contributed by atoms with van der Waals surface area (Å²) in [6.07, 6.45) is 0.570. The Morgan fingerprint density at radius 3 is 2.28 bits per heavy atom. The van der Waals surface area contributed by atoms with Crippen LogP contribution in [0.1, 0.15) is 19.4 Å². The highest BCUT2D eigenvalue weighted by Crippen LogP contribution is 2.20. The van der Waals surface area contributed by atoms with Crippen LogP contribution in [0.25, 0.3) is 0 Å². The molecule has 1 aromatic rings. The summed E-state index contributed by atoms with van der Waals surface area (Å²) in [6, 6.07) is 7.01. The molecule has 1 unspecified atom stereocenters. The standard InChI is InChI=1S/C13H22N2O2S/c1-10(2)12(14)9-11-7-5-6-8-13(11)18(16,17)15(3)4/h5-8,10,12H,9,14H2,1-4H3. The van der Waals surface area contributed by atoms with Crippen LogP contribution in [0, 0.1) is 5.92 Å². The van der Waals surface area contributed by atoms with Gasteiger partial charge in [0.25, 0.3) is 0 Å². The third-order valence-electron chi connectivity index (χ3n) is 3.04. The van der Waals surface area contributed by atoms with Crippen LogP contribution in [0.3, 0.4) is 0 Å². The lowest BCUT2D eigenvalue weighted by atomic mass is 9.97. The normalized spacial score (nSPS) is 14.2. The van der Waals surface area contributed by atoms with Gasteiger partial charge in [-0.1, -0.05) is 32.0 Å². The summed E-state index contributed by atoms with van der Waals surface area (Å²) in [5.74, 6) is 0.320. The maximum absolute atomic E-state index is 12.2. The highest BCUT2D eigenvalue weighted by molar-refractivity contribution is 7.89. The van der Waals surface area contributed by atoms with Gasteiger partial charge in [0.05, 0.1) is 4.90 Å². The molecule has 0 radical (unpaired) electrons. The van der Waals surface area contributed by atoms with Crippen molar-refractivity contribution in [1.82, 2.24) is 4.31 Å². The van der Waals surface area contributed by atoms with E-state index >= 15 is 0 Å². The molecule has 0 spiro atoms. The SMILES string of the molecule is CC(C)C(N)Cc1ccccc1S(=O)(=O)N(C)C. The molecule has 1 rings (SSSR count). The van der Waals surface area contributed by atoms with Gasteiger partial charge in [0, 0.05) is 20.1 Å². The van der Waals surface area contributed by atoms with Crippen molar-refractivity contribution in [2.24, 2.45) is 11.7 Å². The zero-order valence-electron chi connectivity index (χ0n) is 11.4. The molecule has 2 N–H and O–H groups in total. The lowest BCUT2D eigenvalue weighted by Crippen LogP contribution is -2.30. The molecule has 0 saturated carbocycles. The minimum Gasteiger partial charge on any atom is -0.327 e. The Kier molecular flexibility index (Phi) is 4.90. The van der Waals surface area contributed by atoms with E-state index in [0.717, 1.165) is 5.56 Å². The van der Waals surface area contributed by atoms with Crippen molar-refractivity contribution in [3.8, 4) is 0 Å². The fourth-order valence-corrected chi connectivity index (χ4v) is 2.74. The first-order valence-corrected chi connectivity index (χ1v) is 7.47. The van der Waals surface area contributed by atoms with Gasteiger partial charge in [-0.2, -0.15) is 0 Å². The third-order valence-corrected chi connectivity index (χ3v) is 4.96. The second-order valence-corrected chi connectivity index (χ2v) is 7.13. The molecule has 0 fully saturated rings. The van der Waals surface area contributed by atoms with Crippen molar-refractivity contribution in [1.29, 1.82) is 0 Å². The number of nitrogens with two attached hydrogens (primary N) is 1. The highest BCUT2D eigenvalue weighted by atomic mass is 32.2. The number of hydrogen-bond donors (Lipinski definition) is 1. The van der Waals surface area contributed by atoms with Gasteiger partial charge >= 0.3 is 0 Å². The monoisotopic (exact) mass is 270 g/mol. The molecule has 0 saturated heterocycles. The Morgan fingerprint density at radius 2 is 1.78 bits per heavy atom. The Morgan fingerprint density at radius 1 is 1.22 bits per heavy atom. The smallest absolute Gasteiger partial charge is 0.242 e. The van der Waals surface area contributed by atoms with Gasteiger partial charge < -0.3 is 5.73 Å². The van der Waals surface area contributed by atoms with Crippen molar-refractivity contribution in [2.75, 3.05) is 14.1 Å². The van der Waals surface area contributed by atoms with Crippen LogP contribution in [0.2, 0.25) is 0 Å². The molecule has 1 atom stereocenters. The molecule has 0 aromatic heterocycles. The molecule has 5 heteroatoms. The lowest BCUT2D eigenvalue weighted by molar-refractivity contribution is 0.484. The van der Waals surface area contributed by atoms with E-state index in [9.17, 15) is 8.42 Å². The first-order chi connectivity index (χ1) is 8.26. The Bertz CT molecular complexity index is 495. The minimum absolute atomic E-state index is 0.0384. The summed E-state index contributed by atoms with van der Waals surface area (Å²) in [5.41, 5.74) is 6.81. The molecule has 0 aliphatic rings. The van der Waals surface area contributed by atoms with Crippen LogP contribution in [0.15, 0.2) is 29.2 Å². The van der Waals surface area contributed by atoms with E-state index in [4.69, 9.17) is 5.73 Å². The average Bonchev–Trinajstić information content (AvgIpc) is 2.29. The largest absolute Gasteiger partial charge is 0.327 e. The first kappa shape index (κ1) is 15.1. The lowest BCUT2D eigenvalue weighted by Gasteiger charge is -2.19. The van der Waals surface area contributed by atoms with Crippen LogP contribution in [0.5, 0.6) is 0 Å². The molecule has 0 heterocycles. The van der Waals surface area contributed by atoms with Gasteiger partial charge in [-0.3, -0.25) is 0 Å². The zero-order chi connectivity index (χ0) is 13.9. The van der Waals surface area contributed by atoms with Gasteiger partial charge in [-0.05, 0) is 24.0 Å². The van der Waals surface area contributed by atoms with E-state index in [2.05, 4.69) is 0 Å². The Hall–Kier alpha value is -0.910. The molecule has 0 amide bonds. The summed E-state index contributed by atoms with van der Waals surface area (Å²) in [7, 11) is -0.329. The molecule has 0 aliphatic carbocycles. The van der Waals surface area contributed by atoms with Gasteiger partial charge in [-0.15, -0.1) is 0 Å². The zero-order valence-corrected chi connectivity index (χ0v) is 12.2. The molecule has 18 heavy (non-hydrogen) atoms. The van der Waals surface area contributed by atoms with Crippen LogP contribution in [-0.4, -0.2) is 32.9 Å². The average molecular weight is 270 g/mol. The van der Waals surface area contributed by atoms with Crippen LogP contribution in [-0.2, 0) is 16.4 Å². The van der Waals surface area contributed by atoms with E-state index in [-0.39, 0.29) is 6.04 Å². The van der Waals surface area contributed by atoms with Gasteiger partial charge in [0.1, 0.15) is 0 Å². The van der Waals surface area contributed by atoms with Gasteiger partial charge in [0.2, 0.25) is 10.0 Å². The second-order valence-electron chi connectivity index (χ2n) is 5.01. The number of hydrogen-bond acceptors (Lipinski definition) is 3. The maximum atomic E-state index is 12.2. The Labute approximate surface area is 110 Å². The number of nitrogens with zero attached hydrogens (tertiary/aromatic N) is 1. The maximum Gasteiger partial charge on any atom is 0.242 e. The Balaban J connectivity index is 3.16. The molecular formula is C13H22N2O2S. The molecule has 1 aromatic carbocycles. The van der Waals surface area contributed by atoms with Crippen molar-refractivity contribution >= 4 is 10.0 Å². The van der Waals surface area contributed by atoms with E-state index in [1.165, 1.54) is 18.4 Å². The van der Waals surface area contributed by atoms with Crippen molar-refractivity contribution < 1.29 is 8.42 Å². The molecule has 0 aliphatic heterocycles. The van der Waals surface area contributed by atoms with Gasteiger partial charge in [0.15, 0.2) is 0 Å². The summed E-state index contributed by atoms with van der Waals surface area (Å²) in [5, 5.41) is 0. The topological polar surface area (TPSA) is 63.4 Å². The first-order valence-electron chi connectivity index (χ1n) is 6.02.